The molecule has 0 aliphatic carbocycles. The fourth-order valence-electron chi connectivity index (χ4n) is 1.89. The first-order valence-electron chi connectivity index (χ1n) is 5.90. The van der Waals surface area contributed by atoms with E-state index in [2.05, 4.69) is 4.74 Å². The van der Waals surface area contributed by atoms with Crippen molar-refractivity contribution in [2.24, 2.45) is 0 Å². The van der Waals surface area contributed by atoms with Crippen LogP contribution >= 0.6 is 0 Å². The monoisotopic (exact) mass is 321 g/mol. The van der Waals surface area contributed by atoms with E-state index in [1.807, 2.05) is 0 Å². The van der Waals surface area contributed by atoms with Gasteiger partial charge in [-0.1, -0.05) is 24.3 Å². The van der Waals surface area contributed by atoms with Gasteiger partial charge in [-0.2, -0.15) is 13.2 Å². The Bertz CT molecular complexity index is 678. The Morgan fingerprint density at radius 3 is 2.00 bits per heavy atom. The van der Waals surface area contributed by atoms with E-state index in [0.717, 1.165) is 18.2 Å². The van der Waals surface area contributed by atoms with Crippen molar-refractivity contribution in [3.63, 3.8) is 0 Å². The van der Waals surface area contributed by atoms with Gasteiger partial charge >= 0.3 is 12.5 Å². The van der Waals surface area contributed by atoms with Gasteiger partial charge in [0.05, 0.1) is 5.56 Å². The minimum atomic E-state index is -4.92. The minimum Gasteiger partial charge on any atom is -0.405 e. The summed E-state index contributed by atoms with van der Waals surface area (Å²) in [6.07, 6.45) is -9.51. The van der Waals surface area contributed by atoms with Gasteiger partial charge in [-0.3, -0.25) is 0 Å². The number of anilines is 1. The summed E-state index contributed by atoms with van der Waals surface area (Å²) in [4.78, 5) is 0. The van der Waals surface area contributed by atoms with Crippen LogP contribution in [0.1, 0.15) is 5.56 Å². The summed E-state index contributed by atoms with van der Waals surface area (Å²) in [7, 11) is 0. The molecular weight excluding hydrogens is 312 g/mol. The van der Waals surface area contributed by atoms with E-state index >= 15 is 0 Å². The molecule has 0 amide bonds. The van der Waals surface area contributed by atoms with Crippen LogP contribution < -0.4 is 10.5 Å². The molecule has 118 valence electrons. The number of hydrogen-bond acceptors (Lipinski definition) is 2. The van der Waals surface area contributed by atoms with Gasteiger partial charge in [-0.15, -0.1) is 13.2 Å². The summed E-state index contributed by atoms with van der Waals surface area (Å²) in [6, 6.07) is 7.49. The number of para-hydroxylation sites is 1. The topological polar surface area (TPSA) is 35.2 Å². The lowest BCUT2D eigenvalue weighted by Crippen LogP contribution is -2.17. The average Bonchev–Trinajstić information content (AvgIpc) is 2.37. The van der Waals surface area contributed by atoms with E-state index in [9.17, 15) is 26.3 Å². The number of nitrogens with two attached hydrogens (primary N) is 1. The van der Waals surface area contributed by atoms with Gasteiger partial charge in [0, 0.05) is 16.8 Å². The predicted molar refractivity (Wildman–Crippen MR) is 68.0 cm³/mol. The normalized spacial score (nSPS) is 12.3. The van der Waals surface area contributed by atoms with Crippen LogP contribution in [0.2, 0.25) is 0 Å². The Balaban J connectivity index is 2.49. The fraction of sp³-hybridized carbons (Fsp3) is 0.143. The van der Waals surface area contributed by atoms with Crippen molar-refractivity contribution in [1.82, 2.24) is 0 Å². The Morgan fingerprint density at radius 2 is 1.45 bits per heavy atom. The van der Waals surface area contributed by atoms with Crippen LogP contribution in [-0.4, -0.2) is 6.36 Å². The van der Waals surface area contributed by atoms with Crippen molar-refractivity contribution in [2.45, 2.75) is 12.5 Å². The molecule has 2 nitrogen and oxygen atoms in total. The third-order valence-electron chi connectivity index (χ3n) is 2.78. The molecule has 0 saturated carbocycles. The lowest BCUT2D eigenvalue weighted by Gasteiger charge is -2.15. The maximum Gasteiger partial charge on any atom is 0.573 e. The van der Waals surface area contributed by atoms with Crippen molar-refractivity contribution in [3.05, 3.63) is 48.0 Å². The van der Waals surface area contributed by atoms with Crippen molar-refractivity contribution in [1.29, 1.82) is 0 Å². The zero-order valence-corrected chi connectivity index (χ0v) is 10.8. The molecule has 0 radical (unpaired) electrons. The molecule has 0 atom stereocenters. The standard InChI is InChI=1S/C14H9F6NO/c15-13(16,17)8-5-6-9(11(21)7-8)10-3-1-2-4-12(10)22-14(18,19)20/h1-7H,21H2. The van der Waals surface area contributed by atoms with Crippen LogP contribution in [-0.2, 0) is 6.18 Å². The molecule has 22 heavy (non-hydrogen) atoms. The van der Waals surface area contributed by atoms with E-state index in [0.29, 0.717) is 6.07 Å². The van der Waals surface area contributed by atoms with Crippen LogP contribution in [0.5, 0.6) is 5.75 Å². The second-order valence-electron chi connectivity index (χ2n) is 4.34. The molecule has 0 aromatic heterocycles. The number of ether oxygens (including phenoxy) is 1. The molecule has 0 unspecified atom stereocenters. The summed E-state index contributed by atoms with van der Waals surface area (Å²) in [5.41, 5.74) is 4.24. The lowest BCUT2D eigenvalue weighted by molar-refractivity contribution is -0.274. The molecule has 0 heterocycles. The van der Waals surface area contributed by atoms with E-state index < -0.39 is 23.9 Å². The second-order valence-corrected chi connectivity index (χ2v) is 4.34. The third kappa shape index (κ3) is 3.63. The number of halogens is 6. The van der Waals surface area contributed by atoms with Gasteiger partial charge in [-0.25, -0.2) is 0 Å². The smallest absolute Gasteiger partial charge is 0.405 e. The highest BCUT2D eigenvalue weighted by Crippen LogP contribution is 2.39. The average molecular weight is 321 g/mol. The first kappa shape index (κ1) is 16.0. The van der Waals surface area contributed by atoms with Gasteiger partial charge in [0.1, 0.15) is 5.75 Å². The van der Waals surface area contributed by atoms with Gasteiger partial charge in [-0.05, 0) is 18.2 Å². The summed E-state index contributed by atoms with van der Waals surface area (Å²) in [6.45, 7) is 0. The minimum absolute atomic E-state index is 0.0212. The van der Waals surface area contributed by atoms with Gasteiger partial charge in [0.15, 0.2) is 0 Å². The highest BCUT2D eigenvalue weighted by molar-refractivity contribution is 5.80. The molecule has 0 aliphatic heterocycles. The molecule has 2 rings (SSSR count). The van der Waals surface area contributed by atoms with Crippen molar-refractivity contribution < 1.29 is 31.1 Å². The largest absolute Gasteiger partial charge is 0.573 e. The highest BCUT2D eigenvalue weighted by Gasteiger charge is 2.33. The lowest BCUT2D eigenvalue weighted by atomic mass is 10.0. The van der Waals surface area contributed by atoms with Crippen LogP contribution in [0, 0.1) is 0 Å². The molecule has 2 aromatic carbocycles. The zero-order chi connectivity index (χ0) is 16.5. The molecule has 2 aromatic rings. The number of rotatable bonds is 2. The van der Waals surface area contributed by atoms with E-state index in [1.54, 1.807) is 0 Å². The van der Waals surface area contributed by atoms with Crippen LogP contribution in [0.4, 0.5) is 32.0 Å². The van der Waals surface area contributed by atoms with Crippen LogP contribution in [0.3, 0.4) is 0 Å². The fourth-order valence-corrected chi connectivity index (χ4v) is 1.89. The van der Waals surface area contributed by atoms with E-state index in [4.69, 9.17) is 5.73 Å². The Kier molecular flexibility index (Phi) is 3.95. The molecule has 0 saturated heterocycles. The van der Waals surface area contributed by atoms with E-state index in [1.165, 1.54) is 18.2 Å². The van der Waals surface area contributed by atoms with Crippen LogP contribution in [0.15, 0.2) is 42.5 Å². The Labute approximate surface area is 121 Å². The van der Waals surface area contributed by atoms with Gasteiger partial charge in [0.25, 0.3) is 0 Å². The molecule has 0 fully saturated rings. The maximum atomic E-state index is 12.6. The number of alkyl halides is 6. The van der Waals surface area contributed by atoms with Crippen molar-refractivity contribution in [2.75, 3.05) is 5.73 Å². The number of hydrogen-bond donors (Lipinski definition) is 1. The zero-order valence-electron chi connectivity index (χ0n) is 10.8. The SMILES string of the molecule is Nc1cc(C(F)(F)F)ccc1-c1ccccc1OC(F)(F)F. The van der Waals surface area contributed by atoms with Gasteiger partial charge < -0.3 is 10.5 Å². The number of nitrogen functional groups attached to an aromatic ring is 1. The quantitative estimate of drug-likeness (QED) is 0.634. The predicted octanol–water partition coefficient (Wildman–Crippen LogP) is 4.85. The van der Waals surface area contributed by atoms with Crippen molar-refractivity contribution in [3.8, 4) is 16.9 Å². The van der Waals surface area contributed by atoms with Crippen molar-refractivity contribution >= 4 is 5.69 Å². The number of benzene rings is 2. The summed E-state index contributed by atoms with van der Waals surface area (Å²) in [5, 5.41) is 0. The Morgan fingerprint density at radius 1 is 0.818 bits per heavy atom. The first-order chi connectivity index (χ1) is 10.1. The second kappa shape index (κ2) is 5.43. The summed E-state index contributed by atoms with van der Waals surface area (Å²) >= 11 is 0. The van der Waals surface area contributed by atoms with E-state index in [-0.39, 0.29) is 16.8 Å². The van der Waals surface area contributed by atoms with Crippen LogP contribution in [0.25, 0.3) is 11.1 Å². The molecule has 0 spiro atoms. The molecular formula is C14H9F6NO. The summed E-state index contributed by atoms with van der Waals surface area (Å²) in [5.74, 6) is -0.540. The molecule has 2 N–H and O–H groups in total. The third-order valence-corrected chi connectivity index (χ3v) is 2.78. The molecule has 8 heteroatoms. The highest BCUT2D eigenvalue weighted by atomic mass is 19.4. The molecule has 0 aliphatic rings. The summed E-state index contributed by atoms with van der Waals surface area (Å²) < 4.78 is 78.7. The first-order valence-corrected chi connectivity index (χ1v) is 5.90. The Hall–Kier alpha value is -2.38. The maximum absolute atomic E-state index is 12.6. The molecule has 0 bridgehead atoms. The van der Waals surface area contributed by atoms with Gasteiger partial charge in [0.2, 0.25) is 0 Å².